The fraction of sp³-hybridized carbons (Fsp3) is 0.286. The standard InChI is InChI=1S/C21H24N4O4/c1-27-16-10-12(11-17(28-2)20(16)29-3)13-6-4-7-14-15(8-5-9-22)19(21(23)26)25-24-18(13)14/h4,6-7,10-11H,5,8-9,22H2,1-3H3,(H2,23,26). The molecule has 0 fully saturated rings. The van der Waals surface area contributed by atoms with E-state index in [2.05, 4.69) is 10.2 Å². The smallest absolute Gasteiger partial charge is 0.269 e. The third-order valence-electron chi connectivity index (χ3n) is 4.74. The highest BCUT2D eigenvalue weighted by atomic mass is 16.5. The SMILES string of the molecule is COc1cc(-c2cccc3c(CCCN)c(C(N)=O)nnc23)cc(OC)c1OC. The van der Waals surface area contributed by atoms with Gasteiger partial charge in [0, 0.05) is 10.9 Å². The van der Waals surface area contributed by atoms with E-state index >= 15 is 0 Å². The Morgan fingerprint density at radius 2 is 1.72 bits per heavy atom. The highest BCUT2D eigenvalue weighted by molar-refractivity contribution is 6.01. The van der Waals surface area contributed by atoms with Crippen molar-refractivity contribution >= 4 is 16.8 Å². The molecule has 29 heavy (non-hydrogen) atoms. The van der Waals surface area contributed by atoms with Crippen molar-refractivity contribution < 1.29 is 19.0 Å². The lowest BCUT2D eigenvalue weighted by Gasteiger charge is -2.16. The third kappa shape index (κ3) is 3.79. The minimum Gasteiger partial charge on any atom is -0.493 e. The molecular formula is C21H24N4O4. The molecular weight excluding hydrogens is 372 g/mol. The number of fused-ring (bicyclic) bond motifs is 1. The molecule has 0 saturated heterocycles. The van der Waals surface area contributed by atoms with Crippen molar-refractivity contribution in [3.05, 3.63) is 41.6 Å². The monoisotopic (exact) mass is 396 g/mol. The second-order valence-corrected chi connectivity index (χ2v) is 6.40. The van der Waals surface area contributed by atoms with Gasteiger partial charge in [0.15, 0.2) is 17.2 Å². The summed E-state index contributed by atoms with van der Waals surface area (Å²) >= 11 is 0. The first-order valence-electron chi connectivity index (χ1n) is 9.14. The molecule has 8 heteroatoms. The summed E-state index contributed by atoms with van der Waals surface area (Å²) < 4.78 is 16.3. The van der Waals surface area contributed by atoms with Gasteiger partial charge in [0.2, 0.25) is 5.75 Å². The van der Waals surface area contributed by atoms with Crippen LogP contribution < -0.4 is 25.7 Å². The number of nitrogens with two attached hydrogens (primary N) is 2. The Morgan fingerprint density at radius 3 is 2.28 bits per heavy atom. The van der Waals surface area contributed by atoms with Crippen LogP contribution in [0.5, 0.6) is 17.2 Å². The van der Waals surface area contributed by atoms with Crippen LogP contribution in [0.2, 0.25) is 0 Å². The number of ether oxygens (including phenoxy) is 3. The fourth-order valence-electron chi connectivity index (χ4n) is 3.38. The summed E-state index contributed by atoms with van der Waals surface area (Å²) in [7, 11) is 4.68. The number of primary amides is 1. The first-order valence-corrected chi connectivity index (χ1v) is 9.14. The molecule has 0 saturated carbocycles. The number of amides is 1. The molecule has 0 aliphatic heterocycles. The van der Waals surface area contributed by atoms with E-state index in [-0.39, 0.29) is 5.69 Å². The third-order valence-corrected chi connectivity index (χ3v) is 4.74. The number of rotatable bonds is 8. The number of methoxy groups -OCH3 is 3. The van der Waals surface area contributed by atoms with E-state index in [1.54, 1.807) is 21.3 Å². The average Bonchev–Trinajstić information content (AvgIpc) is 2.75. The number of aryl methyl sites for hydroxylation is 1. The second-order valence-electron chi connectivity index (χ2n) is 6.40. The molecule has 8 nitrogen and oxygen atoms in total. The number of hydrogen-bond donors (Lipinski definition) is 2. The summed E-state index contributed by atoms with van der Waals surface area (Å²) in [5.74, 6) is 0.960. The van der Waals surface area contributed by atoms with Crippen LogP contribution in [0.15, 0.2) is 30.3 Å². The molecule has 0 aliphatic carbocycles. The Hall–Kier alpha value is -3.39. The number of carbonyl (C=O) groups excluding carboxylic acids is 1. The predicted octanol–water partition coefficient (Wildman–Crippen LogP) is 2.31. The summed E-state index contributed by atoms with van der Waals surface area (Å²) in [5.41, 5.74) is 14.4. The van der Waals surface area contributed by atoms with Gasteiger partial charge in [-0.1, -0.05) is 18.2 Å². The summed E-state index contributed by atoms with van der Waals surface area (Å²) in [5, 5.41) is 9.23. The van der Waals surface area contributed by atoms with Crippen molar-refractivity contribution in [3.8, 4) is 28.4 Å². The van der Waals surface area contributed by atoms with E-state index < -0.39 is 5.91 Å². The van der Waals surface area contributed by atoms with Gasteiger partial charge in [0.05, 0.1) is 21.3 Å². The molecule has 0 bridgehead atoms. The van der Waals surface area contributed by atoms with Crippen LogP contribution in [-0.2, 0) is 6.42 Å². The Balaban J connectivity index is 2.28. The lowest BCUT2D eigenvalue weighted by atomic mass is 9.96. The van der Waals surface area contributed by atoms with Crippen molar-refractivity contribution in [2.75, 3.05) is 27.9 Å². The van der Waals surface area contributed by atoms with Gasteiger partial charge >= 0.3 is 0 Å². The maximum atomic E-state index is 11.9. The molecule has 4 N–H and O–H groups in total. The Bertz CT molecular complexity index is 1030. The first kappa shape index (κ1) is 20.3. The van der Waals surface area contributed by atoms with Crippen molar-refractivity contribution in [2.45, 2.75) is 12.8 Å². The predicted molar refractivity (Wildman–Crippen MR) is 111 cm³/mol. The Morgan fingerprint density at radius 1 is 1.03 bits per heavy atom. The van der Waals surface area contributed by atoms with E-state index in [1.165, 1.54) is 0 Å². The van der Waals surface area contributed by atoms with E-state index in [1.807, 2.05) is 30.3 Å². The summed E-state index contributed by atoms with van der Waals surface area (Å²) in [4.78, 5) is 11.9. The molecule has 0 unspecified atom stereocenters. The van der Waals surface area contributed by atoms with Crippen LogP contribution in [-0.4, -0.2) is 44.0 Å². The highest BCUT2D eigenvalue weighted by Crippen LogP contribution is 2.42. The minimum absolute atomic E-state index is 0.174. The topological polar surface area (TPSA) is 123 Å². The van der Waals surface area contributed by atoms with Crippen LogP contribution in [0.4, 0.5) is 0 Å². The maximum absolute atomic E-state index is 11.9. The molecule has 0 radical (unpaired) electrons. The maximum Gasteiger partial charge on any atom is 0.269 e. The molecule has 1 amide bonds. The zero-order chi connectivity index (χ0) is 21.0. The molecule has 3 aromatic rings. The van der Waals surface area contributed by atoms with Gasteiger partial charge in [0.25, 0.3) is 5.91 Å². The number of nitrogens with zero attached hydrogens (tertiary/aromatic N) is 2. The van der Waals surface area contributed by atoms with Crippen molar-refractivity contribution in [1.29, 1.82) is 0 Å². The van der Waals surface area contributed by atoms with Crippen molar-refractivity contribution in [2.24, 2.45) is 11.5 Å². The van der Waals surface area contributed by atoms with Crippen molar-refractivity contribution in [3.63, 3.8) is 0 Å². The van der Waals surface area contributed by atoms with Gasteiger partial charge in [-0.15, -0.1) is 10.2 Å². The van der Waals surface area contributed by atoms with Gasteiger partial charge in [-0.3, -0.25) is 4.79 Å². The van der Waals surface area contributed by atoms with Crippen LogP contribution in [0.3, 0.4) is 0 Å². The van der Waals surface area contributed by atoms with Gasteiger partial charge < -0.3 is 25.7 Å². The van der Waals surface area contributed by atoms with Crippen LogP contribution in [0.25, 0.3) is 22.0 Å². The second kappa shape index (κ2) is 8.74. The zero-order valence-corrected chi connectivity index (χ0v) is 16.7. The molecule has 2 aromatic carbocycles. The average molecular weight is 396 g/mol. The lowest BCUT2D eigenvalue weighted by molar-refractivity contribution is 0.0994. The van der Waals surface area contributed by atoms with Gasteiger partial charge in [-0.05, 0) is 42.6 Å². The highest BCUT2D eigenvalue weighted by Gasteiger charge is 2.19. The largest absolute Gasteiger partial charge is 0.493 e. The minimum atomic E-state index is -0.607. The van der Waals surface area contributed by atoms with E-state index in [4.69, 9.17) is 25.7 Å². The Kier molecular flexibility index (Phi) is 6.13. The van der Waals surface area contributed by atoms with Crippen LogP contribution in [0, 0.1) is 0 Å². The van der Waals surface area contributed by atoms with Crippen LogP contribution in [0.1, 0.15) is 22.5 Å². The van der Waals surface area contributed by atoms with Crippen LogP contribution >= 0.6 is 0 Å². The zero-order valence-electron chi connectivity index (χ0n) is 16.7. The summed E-state index contributed by atoms with van der Waals surface area (Å²) in [6.07, 6.45) is 1.29. The molecule has 1 aromatic heterocycles. The molecule has 1 heterocycles. The molecule has 0 aliphatic rings. The molecule has 0 spiro atoms. The number of aromatic nitrogens is 2. The molecule has 3 rings (SSSR count). The Labute approximate surface area is 168 Å². The van der Waals surface area contributed by atoms with Gasteiger partial charge in [0.1, 0.15) is 5.52 Å². The lowest BCUT2D eigenvalue weighted by Crippen LogP contribution is -2.18. The van der Waals surface area contributed by atoms with Gasteiger partial charge in [-0.2, -0.15) is 0 Å². The normalized spacial score (nSPS) is 10.8. The number of benzene rings is 2. The van der Waals surface area contributed by atoms with E-state index in [0.717, 1.165) is 22.1 Å². The molecule has 0 atom stereocenters. The summed E-state index contributed by atoms with van der Waals surface area (Å²) in [6.45, 7) is 0.495. The van der Waals surface area contributed by atoms with E-state index in [9.17, 15) is 4.79 Å². The van der Waals surface area contributed by atoms with E-state index in [0.29, 0.717) is 42.2 Å². The number of carbonyl (C=O) groups is 1. The number of hydrogen-bond acceptors (Lipinski definition) is 7. The van der Waals surface area contributed by atoms with Gasteiger partial charge in [-0.25, -0.2) is 0 Å². The molecule has 152 valence electrons. The quantitative estimate of drug-likeness (QED) is 0.599. The summed E-state index contributed by atoms with van der Waals surface area (Å²) in [6, 6.07) is 9.43. The first-order chi connectivity index (χ1) is 14.0. The van der Waals surface area contributed by atoms with Crippen molar-refractivity contribution in [1.82, 2.24) is 10.2 Å². The fourth-order valence-corrected chi connectivity index (χ4v) is 3.38.